The van der Waals surface area contributed by atoms with Gasteiger partial charge in [0.15, 0.2) is 0 Å². The highest BCUT2D eigenvalue weighted by molar-refractivity contribution is 5.80. The number of carbonyl (C=O) groups excluding carboxylic acids is 2. The van der Waals surface area contributed by atoms with E-state index in [4.69, 9.17) is 0 Å². The van der Waals surface area contributed by atoms with Crippen molar-refractivity contribution in [3.63, 3.8) is 0 Å². The Balaban J connectivity index is 1.39. The van der Waals surface area contributed by atoms with Crippen molar-refractivity contribution in [1.82, 2.24) is 10.6 Å². The lowest BCUT2D eigenvalue weighted by Crippen LogP contribution is -2.44. The van der Waals surface area contributed by atoms with Crippen LogP contribution in [0.4, 0.5) is 0 Å². The molecule has 1 heterocycles. The molecule has 1 aliphatic carbocycles. The molecule has 1 saturated heterocycles. The number of amides is 2. The highest BCUT2D eigenvalue weighted by Gasteiger charge is 2.38. The van der Waals surface area contributed by atoms with Crippen LogP contribution in [0.1, 0.15) is 61.3 Å². The third-order valence-corrected chi connectivity index (χ3v) is 6.16. The Hall–Kier alpha value is -2.62. The first-order chi connectivity index (χ1) is 13.6. The molecule has 2 aliphatic rings. The van der Waals surface area contributed by atoms with Crippen molar-refractivity contribution in [2.45, 2.75) is 62.9 Å². The Bertz CT molecular complexity index is 849. The van der Waals surface area contributed by atoms with Crippen LogP contribution in [0.2, 0.25) is 0 Å². The maximum absolute atomic E-state index is 12.7. The smallest absolute Gasteiger partial charge is 0.220 e. The first-order valence-electron chi connectivity index (χ1n) is 10.4. The quantitative estimate of drug-likeness (QED) is 0.804. The van der Waals surface area contributed by atoms with Crippen LogP contribution in [0, 0.1) is 0 Å². The van der Waals surface area contributed by atoms with Crippen LogP contribution in [0.15, 0.2) is 54.6 Å². The molecular weight excluding hydrogens is 348 g/mol. The predicted octanol–water partition coefficient (Wildman–Crippen LogP) is 3.85. The summed E-state index contributed by atoms with van der Waals surface area (Å²) in [6.07, 6.45) is 6.42. The second-order valence-corrected chi connectivity index (χ2v) is 8.20. The van der Waals surface area contributed by atoms with Crippen LogP contribution >= 0.6 is 0 Å². The van der Waals surface area contributed by atoms with Gasteiger partial charge in [0.05, 0.1) is 6.04 Å². The number of hydrogen-bond acceptors (Lipinski definition) is 2. The number of aryl methyl sites for hydroxylation is 1. The molecule has 0 bridgehead atoms. The molecule has 2 aromatic carbocycles. The van der Waals surface area contributed by atoms with Crippen molar-refractivity contribution in [1.29, 1.82) is 0 Å². The van der Waals surface area contributed by atoms with Crippen LogP contribution in [0.25, 0.3) is 0 Å². The van der Waals surface area contributed by atoms with E-state index in [1.165, 1.54) is 16.7 Å². The van der Waals surface area contributed by atoms with Crippen molar-refractivity contribution in [2.24, 2.45) is 0 Å². The van der Waals surface area contributed by atoms with Gasteiger partial charge in [0, 0.05) is 18.4 Å². The van der Waals surface area contributed by atoms with E-state index < -0.39 is 0 Å². The SMILES string of the molecule is O=C(CC[C@@]1(Cc2ccccc2)CCC(=O)N1)N[C@H]1CCCc2ccccc21. The van der Waals surface area contributed by atoms with Crippen molar-refractivity contribution >= 4 is 11.8 Å². The zero-order chi connectivity index (χ0) is 19.4. The second kappa shape index (κ2) is 8.17. The summed E-state index contributed by atoms with van der Waals surface area (Å²) in [5.74, 6) is 0.174. The van der Waals surface area contributed by atoms with Gasteiger partial charge in [0.25, 0.3) is 0 Å². The van der Waals surface area contributed by atoms with Gasteiger partial charge in [0.2, 0.25) is 11.8 Å². The van der Waals surface area contributed by atoms with E-state index in [0.717, 1.165) is 32.1 Å². The maximum atomic E-state index is 12.7. The highest BCUT2D eigenvalue weighted by atomic mass is 16.2. The van der Waals surface area contributed by atoms with Gasteiger partial charge in [-0.1, -0.05) is 54.6 Å². The van der Waals surface area contributed by atoms with Crippen LogP contribution in [-0.4, -0.2) is 17.4 Å². The normalized spacial score (nSPS) is 23.7. The molecule has 1 fully saturated rings. The lowest BCUT2D eigenvalue weighted by Gasteiger charge is -2.30. The van der Waals surface area contributed by atoms with Gasteiger partial charge in [-0.15, -0.1) is 0 Å². The number of nitrogens with one attached hydrogen (secondary N) is 2. The number of hydrogen-bond donors (Lipinski definition) is 2. The summed E-state index contributed by atoms with van der Waals surface area (Å²) in [5.41, 5.74) is 3.50. The molecule has 2 atom stereocenters. The van der Waals surface area contributed by atoms with Gasteiger partial charge in [-0.3, -0.25) is 9.59 Å². The fraction of sp³-hybridized carbons (Fsp3) is 0.417. The van der Waals surface area contributed by atoms with Gasteiger partial charge in [-0.05, 0) is 55.2 Å². The first-order valence-corrected chi connectivity index (χ1v) is 10.4. The van der Waals surface area contributed by atoms with Crippen LogP contribution in [0.5, 0.6) is 0 Å². The minimum Gasteiger partial charge on any atom is -0.350 e. The van der Waals surface area contributed by atoms with Gasteiger partial charge in [0.1, 0.15) is 0 Å². The van der Waals surface area contributed by atoms with E-state index in [-0.39, 0.29) is 23.4 Å². The van der Waals surface area contributed by atoms with Crippen molar-refractivity contribution in [3.8, 4) is 0 Å². The Kier molecular flexibility index (Phi) is 5.47. The molecule has 2 aromatic rings. The molecule has 146 valence electrons. The highest BCUT2D eigenvalue weighted by Crippen LogP contribution is 2.31. The summed E-state index contributed by atoms with van der Waals surface area (Å²) in [6, 6.07) is 18.7. The largest absolute Gasteiger partial charge is 0.350 e. The molecule has 4 nitrogen and oxygen atoms in total. The summed E-state index contributed by atoms with van der Waals surface area (Å²) in [6.45, 7) is 0. The van der Waals surface area contributed by atoms with Crippen LogP contribution < -0.4 is 10.6 Å². The molecule has 28 heavy (non-hydrogen) atoms. The molecule has 0 spiro atoms. The van der Waals surface area contributed by atoms with E-state index >= 15 is 0 Å². The number of carbonyl (C=O) groups is 2. The van der Waals surface area contributed by atoms with E-state index in [1.807, 2.05) is 24.3 Å². The van der Waals surface area contributed by atoms with E-state index in [0.29, 0.717) is 19.3 Å². The minimum absolute atomic E-state index is 0.0790. The van der Waals surface area contributed by atoms with Crippen LogP contribution in [-0.2, 0) is 22.4 Å². The van der Waals surface area contributed by atoms with Crippen molar-refractivity contribution in [3.05, 3.63) is 71.3 Å². The summed E-state index contributed by atoms with van der Waals surface area (Å²) in [5, 5.41) is 6.41. The van der Waals surface area contributed by atoms with Gasteiger partial charge < -0.3 is 10.6 Å². The summed E-state index contributed by atoms with van der Waals surface area (Å²) < 4.78 is 0. The molecule has 1 aliphatic heterocycles. The summed E-state index contributed by atoms with van der Waals surface area (Å²) in [4.78, 5) is 24.7. The monoisotopic (exact) mass is 376 g/mol. The minimum atomic E-state index is -0.305. The third-order valence-electron chi connectivity index (χ3n) is 6.16. The molecule has 0 saturated carbocycles. The van der Waals surface area contributed by atoms with E-state index in [2.05, 4.69) is 41.0 Å². The molecule has 2 amide bonds. The summed E-state index contributed by atoms with van der Waals surface area (Å²) >= 11 is 0. The fourth-order valence-corrected chi connectivity index (χ4v) is 4.69. The summed E-state index contributed by atoms with van der Waals surface area (Å²) in [7, 11) is 0. The van der Waals surface area contributed by atoms with Crippen molar-refractivity contribution < 1.29 is 9.59 Å². The Labute approximate surface area is 166 Å². The average molecular weight is 377 g/mol. The molecule has 4 heteroatoms. The zero-order valence-electron chi connectivity index (χ0n) is 16.2. The van der Waals surface area contributed by atoms with E-state index in [1.54, 1.807) is 0 Å². The van der Waals surface area contributed by atoms with Gasteiger partial charge >= 0.3 is 0 Å². The van der Waals surface area contributed by atoms with Crippen molar-refractivity contribution in [2.75, 3.05) is 0 Å². The first kappa shape index (κ1) is 18.7. The third kappa shape index (κ3) is 4.27. The predicted molar refractivity (Wildman–Crippen MR) is 110 cm³/mol. The molecule has 4 rings (SSSR count). The second-order valence-electron chi connectivity index (χ2n) is 8.20. The maximum Gasteiger partial charge on any atom is 0.220 e. The average Bonchev–Trinajstić information content (AvgIpc) is 3.08. The molecule has 0 radical (unpaired) electrons. The van der Waals surface area contributed by atoms with Crippen LogP contribution in [0.3, 0.4) is 0 Å². The molecular formula is C24H28N2O2. The topological polar surface area (TPSA) is 58.2 Å². The van der Waals surface area contributed by atoms with E-state index in [9.17, 15) is 9.59 Å². The fourth-order valence-electron chi connectivity index (χ4n) is 4.69. The standard InChI is InChI=1S/C24H28N2O2/c27-22(25-21-12-6-10-19-9-4-5-11-20(19)21)13-15-24(16-14-23(28)26-24)17-18-7-2-1-3-8-18/h1-5,7-9,11,21H,6,10,12-17H2,(H,25,27)(H,26,28)/t21-,24-/m0/s1. The zero-order valence-corrected chi connectivity index (χ0v) is 16.2. The van der Waals surface area contributed by atoms with Gasteiger partial charge in [-0.2, -0.15) is 0 Å². The number of rotatable bonds is 6. The number of fused-ring (bicyclic) bond motifs is 1. The van der Waals surface area contributed by atoms with Gasteiger partial charge in [-0.25, -0.2) is 0 Å². The Morgan fingerprint density at radius 1 is 1.07 bits per heavy atom. The lowest BCUT2D eigenvalue weighted by molar-refractivity contribution is -0.123. The molecule has 0 aromatic heterocycles. The number of benzene rings is 2. The lowest BCUT2D eigenvalue weighted by atomic mass is 9.84. The Morgan fingerprint density at radius 3 is 2.64 bits per heavy atom. The molecule has 2 N–H and O–H groups in total. The Morgan fingerprint density at radius 2 is 1.86 bits per heavy atom. The molecule has 0 unspecified atom stereocenters.